The highest BCUT2D eigenvalue weighted by molar-refractivity contribution is 5.89. The van der Waals surface area contributed by atoms with Crippen LogP contribution in [0.5, 0.6) is 0 Å². The van der Waals surface area contributed by atoms with E-state index in [2.05, 4.69) is 27.7 Å². The highest BCUT2D eigenvalue weighted by Gasteiger charge is 2.71. The molecule has 8 nitrogen and oxygen atoms in total. The molecule has 1 spiro atoms. The van der Waals surface area contributed by atoms with Crippen LogP contribution in [0.1, 0.15) is 62.9 Å². The van der Waals surface area contributed by atoms with Crippen LogP contribution in [-0.4, -0.2) is 56.0 Å². The van der Waals surface area contributed by atoms with Crippen LogP contribution in [0.25, 0.3) is 0 Å². The number of hydrogen-bond donors (Lipinski definition) is 0. The van der Waals surface area contributed by atoms with E-state index in [-0.39, 0.29) is 25.0 Å². The first kappa shape index (κ1) is 30.6. The Morgan fingerprint density at radius 2 is 1.68 bits per heavy atom. The summed E-state index contributed by atoms with van der Waals surface area (Å²) in [6.45, 7) is 8.88. The lowest BCUT2D eigenvalue weighted by Gasteiger charge is -2.59. The third-order valence-electron chi connectivity index (χ3n) is 10.4. The van der Waals surface area contributed by atoms with Gasteiger partial charge >= 0.3 is 12.1 Å². The molecule has 2 bridgehead atoms. The Labute approximate surface area is 259 Å². The van der Waals surface area contributed by atoms with Crippen LogP contribution in [0.15, 0.2) is 84.0 Å². The van der Waals surface area contributed by atoms with Crippen LogP contribution in [0.2, 0.25) is 0 Å². The van der Waals surface area contributed by atoms with E-state index in [1.165, 1.54) is 0 Å². The zero-order valence-electron chi connectivity index (χ0n) is 26.1. The molecule has 3 fully saturated rings. The van der Waals surface area contributed by atoms with Gasteiger partial charge in [0.15, 0.2) is 11.7 Å². The van der Waals surface area contributed by atoms with E-state index in [1.54, 1.807) is 19.2 Å². The summed E-state index contributed by atoms with van der Waals surface area (Å²) in [5.41, 5.74) is 1.11. The monoisotopic (exact) mass is 602 g/mol. The average Bonchev–Trinajstić information content (AvgIpc) is 3.35. The van der Waals surface area contributed by atoms with Crippen LogP contribution in [0.4, 0.5) is 4.79 Å². The Balaban J connectivity index is 1.49. The zero-order valence-corrected chi connectivity index (χ0v) is 26.1. The van der Waals surface area contributed by atoms with Crippen molar-refractivity contribution >= 4 is 12.1 Å². The molecule has 2 saturated carbocycles. The fourth-order valence-corrected chi connectivity index (χ4v) is 8.26. The molecule has 1 aliphatic heterocycles. The van der Waals surface area contributed by atoms with E-state index in [4.69, 9.17) is 28.4 Å². The Morgan fingerprint density at radius 3 is 2.39 bits per heavy atom. The molecule has 1 heterocycles. The van der Waals surface area contributed by atoms with Crippen molar-refractivity contribution in [1.82, 2.24) is 0 Å². The minimum atomic E-state index is -1.13. The van der Waals surface area contributed by atoms with Gasteiger partial charge in [0.05, 0.1) is 24.4 Å². The lowest BCUT2D eigenvalue weighted by Crippen LogP contribution is -2.67. The number of hydrogen-bond acceptors (Lipinski definition) is 8. The molecule has 44 heavy (non-hydrogen) atoms. The van der Waals surface area contributed by atoms with Crippen LogP contribution in [-0.2, 0) is 35.0 Å². The number of methoxy groups -OCH3 is 1. The van der Waals surface area contributed by atoms with Gasteiger partial charge in [-0.3, -0.25) is 0 Å². The van der Waals surface area contributed by atoms with Crippen LogP contribution in [0, 0.1) is 16.7 Å². The number of ether oxygens (including phenoxy) is 6. The maximum atomic E-state index is 13.5. The summed E-state index contributed by atoms with van der Waals surface area (Å²) in [6.07, 6.45) is 3.02. The minimum Gasteiger partial charge on any atom is -0.458 e. The summed E-state index contributed by atoms with van der Waals surface area (Å²) >= 11 is 0. The van der Waals surface area contributed by atoms with Crippen LogP contribution < -0.4 is 0 Å². The highest BCUT2D eigenvalue weighted by atomic mass is 16.8. The molecule has 2 aromatic carbocycles. The maximum absolute atomic E-state index is 13.5. The molecule has 2 aromatic rings. The van der Waals surface area contributed by atoms with Crippen molar-refractivity contribution < 1.29 is 38.0 Å². The Hall–Kier alpha value is -3.46. The maximum Gasteiger partial charge on any atom is 0.509 e. The topological polar surface area (TPSA) is 89.5 Å². The molecule has 4 aliphatic rings. The third kappa shape index (κ3) is 5.07. The predicted molar refractivity (Wildman–Crippen MR) is 163 cm³/mol. The van der Waals surface area contributed by atoms with Gasteiger partial charge in [-0.25, -0.2) is 9.59 Å². The second-order valence-electron chi connectivity index (χ2n) is 13.2. The number of rotatable bonds is 8. The van der Waals surface area contributed by atoms with Crippen molar-refractivity contribution in [3.63, 3.8) is 0 Å². The third-order valence-corrected chi connectivity index (χ3v) is 10.4. The molecule has 6 rings (SSSR count). The number of carbonyl (C=O) groups is 2. The van der Waals surface area contributed by atoms with E-state index >= 15 is 0 Å². The fraction of sp³-hybridized carbons (Fsp3) is 0.500. The van der Waals surface area contributed by atoms with Crippen molar-refractivity contribution in [3.05, 3.63) is 95.1 Å². The minimum absolute atomic E-state index is 0.0810. The predicted octanol–water partition coefficient (Wildman–Crippen LogP) is 6.79. The highest BCUT2D eigenvalue weighted by Crippen LogP contribution is 2.63. The largest absolute Gasteiger partial charge is 0.509 e. The molecule has 8 heteroatoms. The number of carbonyl (C=O) groups excluding carboxylic acids is 2. The first-order chi connectivity index (χ1) is 21.1. The van der Waals surface area contributed by atoms with Crippen molar-refractivity contribution in [2.45, 2.75) is 83.6 Å². The van der Waals surface area contributed by atoms with Gasteiger partial charge in [-0.2, -0.15) is 0 Å². The summed E-state index contributed by atoms with van der Waals surface area (Å²) in [7, 11) is 1.59. The zero-order chi connectivity index (χ0) is 31.1. The molecule has 7 atom stereocenters. The van der Waals surface area contributed by atoms with Gasteiger partial charge in [-0.1, -0.05) is 75.4 Å². The lowest BCUT2D eigenvalue weighted by atomic mass is 9.50. The molecule has 0 unspecified atom stereocenters. The van der Waals surface area contributed by atoms with Crippen molar-refractivity contribution in [2.24, 2.45) is 16.7 Å². The smallest absolute Gasteiger partial charge is 0.458 e. The molecular weight excluding hydrogens is 560 g/mol. The van der Waals surface area contributed by atoms with Crippen LogP contribution in [0.3, 0.4) is 0 Å². The molecule has 0 radical (unpaired) electrons. The fourth-order valence-electron chi connectivity index (χ4n) is 8.26. The SMILES string of the molecule is COCO[C@H]1CC[C@H](OC(=O)c2ccccc2)[C@@]2(C)C[C@H](OCc3ccccc3)C3=C(C)C=C[C@]4(OC(=O)O[C@H]4[C@H]12)C3(C)C. The second kappa shape index (κ2) is 11.8. The number of benzene rings is 2. The quantitative estimate of drug-likeness (QED) is 0.241. The van der Waals surface area contributed by atoms with Crippen molar-refractivity contribution in [3.8, 4) is 0 Å². The Kier molecular flexibility index (Phi) is 8.20. The standard InChI is InChI=1S/C36H42O8/c1-23-18-19-36-31(43-33(38)44-36)30-26(41-22-39-5)16-17-28(42-32(37)25-14-10-7-11-15-25)35(30,4)20-27(29(23)34(36,2)3)40-21-24-12-8-6-9-13-24/h6-15,18-19,26-28,30-31H,16-17,20-22H2,1-5H3/t26-,27-,28-,30-,31-,35+,36+/m0/s1. The second-order valence-corrected chi connectivity index (χ2v) is 13.2. The summed E-state index contributed by atoms with van der Waals surface area (Å²) in [6, 6.07) is 19.1. The van der Waals surface area contributed by atoms with Gasteiger partial charge in [0.1, 0.15) is 12.9 Å². The van der Waals surface area contributed by atoms with Gasteiger partial charge in [0.25, 0.3) is 0 Å². The van der Waals surface area contributed by atoms with Gasteiger partial charge in [0.2, 0.25) is 0 Å². The number of fused-ring (bicyclic) bond motifs is 3. The molecule has 234 valence electrons. The Bertz CT molecular complexity index is 1430. The lowest BCUT2D eigenvalue weighted by molar-refractivity contribution is -0.213. The van der Waals surface area contributed by atoms with E-state index in [0.29, 0.717) is 31.4 Å². The molecule has 0 amide bonds. The normalized spacial score (nSPS) is 33.8. The van der Waals surface area contributed by atoms with Crippen molar-refractivity contribution in [2.75, 3.05) is 13.9 Å². The summed E-state index contributed by atoms with van der Waals surface area (Å²) in [5, 5.41) is 0. The van der Waals surface area contributed by atoms with Crippen LogP contribution >= 0.6 is 0 Å². The first-order valence-corrected chi connectivity index (χ1v) is 15.4. The number of allylic oxidation sites excluding steroid dienone is 2. The Morgan fingerprint density at radius 1 is 0.977 bits per heavy atom. The molecule has 0 N–H and O–H groups in total. The van der Waals surface area contributed by atoms with E-state index in [0.717, 1.165) is 16.7 Å². The van der Waals surface area contributed by atoms with Gasteiger partial charge < -0.3 is 28.4 Å². The summed E-state index contributed by atoms with van der Waals surface area (Å²) in [5.74, 6) is -0.793. The molecular formula is C36H42O8. The number of esters is 1. The molecule has 3 aliphatic carbocycles. The first-order valence-electron chi connectivity index (χ1n) is 15.4. The van der Waals surface area contributed by atoms with E-state index < -0.39 is 40.7 Å². The van der Waals surface area contributed by atoms with Gasteiger partial charge in [0, 0.05) is 23.9 Å². The molecule has 0 aromatic heterocycles. The average molecular weight is 603 g/mol. The van der Waals surface area contributed by atoms with E-state index in [1.807, 2.05) is 60.7 Å². The van der Waals surface area contributed by atoms with Gasteiger partial charge in [-0.15, -0.1) is 0 Å². The van der Waals surface area contributed by atoms with Crippen molar-refractivity contribution in [1.29, 1.82) is 0 Å². The summed E-state index contributed by atoms with van der Waals surface area (Å²) < 4.78 is 37.3. The van der Waals surface area contributed by atoms with E-state index in [9.17, 15) is 9.59 Å². The molecule has 1 saturated heterocycles. The van der Waals surface area contributed by atoms with Gasteiger partial charge in [-0.05, 0) is 61.1 Å². The summed E-state index contributed by atoms with van der Waals surface area (Å²) in [4.78, 5) is 26.7.